The summed E-state index contributed by atoms with van der Waals surface area (Å²) >= 11 is 0. The van der Waals surface area contributed by atoms with Crippen molar-refractivity contribution in [2.45, 2.75) is 38.6 Å². The van der Waals surface area contributed by atoms with Crippen LogP contribution in [0, 0.1) is 29.1 Å². The SMILES string of the molecule is CC(NCC(C1CC1)C1CC1)c1ccc(C#N)cc1. The van der Waals surface area contributed by atoms with E-state index in [0.29, 0.717) is 6.04 Å². The molecule has 1 aromatic rings. The molecule has 2 nitrogen and oxygen atoms in total. The van der Waals surface area contributed by atoms with E-state index in [0.717, 1.165) is 29.9 Å². The molecule has 2 fully saturated rings. The summed E-state index contributed by atoms with van der Waals surface area (Å²) in [6.07, 6.45) is 5.81. The van der Waals surface area contributed by atoms with Crippen LogP contribution in [0.5, 0.6) is 0 Å². The Morgan fingerprint density at radius 2 is 1.74 bits per heavy atom. The molecule has 0 amide bonds. The molecule has 0 bridgehead atoms. The van der Waals surface area contributed by atoms with Gasteiger partial charge in [-0.05, 0) is 74.6 Å². The number of benzene rings is 1. The lowest BCUT2D eigenvalue weighted by molar-refractivity contribution is 0.362. The van der Waals surface area contributed by atoms with Crippen molar-refractivity contribution in [1.29, 1.82) is 5.26 Å². The van der Waals surface area contributed by atoms with Crippen LogP contribution in [0.3, 0.4) is 0 Å². The molecular formula is C17H22N2. The monoisotopic (exact) mass is 254 g/mol. The average molecular weight is 254 g/mol. The van der Waals surface area contributed by atoms with Crippen molar-refractivity contribution in [1.82, 2.24) is 5.32 Å². The summed E-state index contributed by atoms with van der Waals surface area (Å²) in [7, 11) is 0. The third-order valence-corrected chi connectivity index (χ3v) is 4.65. The average Bonchev–Trinajstić information content (AvgIpc) is 3.31. The van der Waals surface area contributed by atoms with Crippen LogP contribution in [-0.4, -0.2) is 6.54 Å². The number of hydrogen-bond donors (Lipinski definition) is 1. The van der Waals surface area contributed by atoms with E-state index in [9.17, 15) is 0 Å². The maximum atomic E-state index is 8.81. The summed E-state index contributed by atoms with van der Waals surface area (Å²) in [6.45, 7) is 3.38. The first-order chi connectivity index (χ1) is 9.28. The van der Waals surface area contributed by atoms with Crippen LogP contribution in [0.25, 0.3) is 0 Å². The standard InChI is InChI=1S/C17H22N2/c1-12(14-4-2-13(10-18)3-5-14)19-11-17(15-6-7-15)16-8-9-16/h2-5,12,15-17,19H,6-9,11H2,1H3. The number of nitrogens with one attached hydrogen (secondary N) is 1. The fourth-order valence-electron chi connectivity index (χ4n) is 3.04. The lowest BCUT2D eigenvalue weighted by Gasteiger charge is -2.20. The van der Waals surface area contributed by atoms with Crippen molar-refractivity contribution in [3.05, 3.63) is 35.4 Å². The molecule has 2 heteroatoms. The van der Waals surface area contributed by atoms with Crippen molar-refractivity contribution in [3.8, 4) is 6.07 Å². The number of nitrogens with zero attached hydrogens (tertiary/aromatic N) is 1. The molecule has 2 aliphatic rings. The smallest absolute Gasteiger partial charge is 0.0991 e. The molecule has 0 aliphatic heterocycles. The minimum absolute atomic E-state index is 0.382. The molecule has 19 heavy (non-hydrogen) atoms. The topological polar surface area (TPSA) is 35.8 Å². The van der Waals surface area contributed by atoms with Crippen molar-refractivity contribution in [3.63, 3.8) is 0 Å². The molecule has 3 rings (SSSR count). The Kier molecular flexibility index (Phi) is 3.57. The molecule has 0 heterocycles. The van der Waals surface area contributed by atoms with Crippen LogP contribution in [-0.2, 0) is 0 Å². The maximum absolute atomic E-state index is 8.81. The first-order valence-corrected chi connectivity index (χ1v) is 7.51. The molecule has 0 saturated heterocycles. The maximum Gasteiger partial charge on any atom is 0.0991 e. The van der Waals surface area contributed by atoms with Gasteiger partial charge in [0.2, 0.25) is 0 Å². The Morgan fingerprint density at radius 3 is 2.21 bits per heavy atom. The first kappa shape index (κ1) is 12.7. The van der Waals surface area contributed by atoms with Gasteiger partial charge in [0.1, 0.15) is 0 Å². The molecule has 0 radical (unpaired) electrons. The van der Waals surface area contributed by atoms with E-state index in [4.69, 9.17) is 5.26 Å². The minimum Gasteiger partial charge on any atom is -0.310 e. The molecule has 0 aromatic heterocycles. The van der Waals surface area contributed by atoms with Crippen LogP contribution in [0.4, 0.5) is 0 Å². The Labute approximate surface area is 115 Å². The van der Waals surface area contributed by atoms with Crippen LogP contribution in [0.15, 0.2) is 24.3 Å². The first-order valence-electron chi connectivity index (χ1n) is 7.51. The lowest BCUT2D eigenvalue weighted by Crippen LogP contribution is -2.28. The van der Waals surface area contributed by atoms with Crippen LogP contribution >= 0.6 is 0 Å². The van der Waals surface area contributed by atoms with Gasteiger partial charge in [0.15, 0.2) is 0 Å². The van der Waals surface area contributed by atoms with Gasteiger partial charge >= 0.3 is 0 Å². The summed E-state index contributed by atoms with van der Waals surface area (Å²) in [4.78, 5) is 0. The van der Waals surface area contributed by atoms with Crippen molar-refractivity contribution < 1.29 is 0 Å². The van der Waals surface area contributed by atoms with E-state index < -0.39 is 0 Å². The van der Waals surface area contributed by atoms with Crippen molar-refractivity contribution >= 4 is 0 Å². The molecule has 1 aromatic carbocycles. The normalized spacial score (nSPS) is 20.3. The predicted octanol–water partition coefficient (Wildman–Crippen LogP) is 3.65. The zero-order valence-electron chi connectivity index (χ0n) is 11.6. The van der Waals surface area contributed by atoms with Gasteiger partial charge in [-0.1, -0.05) is 12.1 Å². The highest BCUT2D eigenvalue weighted by molar-refractivity contribution is 5.32. The van der Waals surface area contributed by atoms with Crippen LogP contribution in [0.2, 0.25) is 0 Å². The predicted molar refractivity (Wildman–Crippen MR) is 76.5 cm³/mol. The number of nitriles is 1. The van der Waals surface area contributed by atoms with Gasteiger partial charge in [-0.15, -0.1) is 0 Å². The largest absolute Gasteiger partial charge is 0.310 e. The third-order valence-electron chi connectivity index (χ3n) is 4.65. The highest BCUT2D eigenvalue weighted by Gasteiger charge is 2.41. The Balaban J connectivity index is 1.54. The van der Waals surface area contributed by atoms with Crippen LogP contribution < -0.4 is 5.32 Å². The quantitative estimate of drug-likeness (QED) is 0.841. The summed E-state index contributed by atoms with van der Waals surface area (Å²) in [6, 6.07) is 10.5. The van der Waals surface area contributed by atoms with E-state index in [-0.39, 0.29) is 0 Å². The molecule has 0 spiro atoms. The Morgan fingerprint density at radius 1 is 1.16 bits per heavy atom. The molecular weight excluding hydrogens is 232 g/mol. The highest BCUT2D eigenvalue weighted by Crippen LogP contribution is 2.48. The van der Waals surface area contributed by atoms with Gasteiger partial charge in [-0.25, -0.2) is 0 Å². The molecule has 1 N–H and O–H groups in total. The lowest BCUT2D eigenvalue weighted by atomic mass is 9.97. The van der Waals surface area contributed by atoms with E-state index in [1.807, 2.05) is 12.1 Å². The van der Waals surface area contributed by atoms with Gasteiger partial charge in [0.25, 0.3) is 0 Å². The van der Waals surface area contributed by atoms with Gasteiger partial charge in [0.05, 0.1) is 11.6 Å². The highest BCUT2D eigenvalue weighted by atomic mass is 14.9. The Hall–Kier alpha value is -1.33. The molecule has 2 saturated carbocycles. The zero-order valence-corrected chi connectivity index (χ0v) is 11.6. The Bertz CT molecular complexity index is 451. The van der Waals surface area contributed by atoms with Gasteiger partial charge < -0.3 is 5.32 Å². The van der Waals surface area contributed by atoms with Gasteiger partial charge in [-0.3, -0.25) is 0 Å². The minimum atomic E-state index is 0.382. The zero-order chi connectivity index (χ0) is 13.2. The second kappa shape index (κ2) is 5.35. The number of hydrogen-bond acceptors (Lipinski definition) is 2. The molecule has 2 aliphatic carbocycles. The second-order valence-electron chi connectivity index (χ2n) is 6.20. The fourth-order valence-corrected chi connectivity index (χ4v) is 3.04. The number of rotatable bonds is 6. The fraction of sp³-hybridized carbons (Fsp3) is 0.588. The van der Waals surface area contributed by atoms with E-state index in [2.05, 4.69) is 30.4 Å². The van der Waals surface area contributed by atoms with Crippen LogP contribution in [0.1, 0.15) is 49.8 Å². The van der Waals surface area contributed by atoms with E-state index >= 15 is 0 Å². The van der Waals surface area contributed by atoms with Gasteiger partial charge in [-0.2, -0.15) is 5.26 Å². The molecule has 100 valence electrons. The second-order valence-corrected chi connectivity index (χ2v) is 6.20. The summed E-state index contributed by atoms with van der Waals surface area (Å²) < 4.78 is 0. The summed E-state index contributed by atoms with van der Waals surface area (Å²) in [5.41, 5.74) is 2.02. The van der Waals surface area contributed by atoms with E-state index in [1.54, 1.807) is 0 Å². The van der Waals surface area contributed by atoms with Crippen molar-refractivity contribution in [2.75, 3.05) is 6.54 Å². The summed E-state index contributed by atoms with van der Waals surface area (Å²) in [5, 5.41) is 12.5. The van der Waals surface area contributed by atoms with Gasteiger partial charge in [0, 0.05) is 6.04 Å². The molecule has 1 unspecified atom stereocenters. The third kappa shape index (κ3) is 3.16. The van der Waals surface area contributed by atoms with Crippen molar-refractivity contribution in [2.24, 2.45) is 17.8 Å². The summed E-state index contributed by atoms with van der Waals surface area (Å²) in [5.74, 6) is 2.93. The van der Waals surface area contributed by atoms with E-state index in [1.165, 1.54) is 31.2 Å². The molecule has 1 atom stereocenters.